The van der Waals surface area contributed by atoms with Crippen LogP contribution in [-0.2, 0) is 22.6 Å². The fourth-order valence-electron chi connectivity index (χ4n) is 11.0. The Bertz CT molecular complexity index is 1590. The van der Waals surface area contributed by atoms with Crippen molar-refractivity contribution in [1.82, 2.24) is 4.90 Å². The normalized spacial score (nSPS) is 42.0. The molecule has 0 aromatic heterocycles. The minimum atomic E-state index is -2.21. The first-order valence-corrected chi connectivity index (χ1v) is 16.3. The minimum Gasteiger partial charge on any atom is -0.390 e. The number of rotatable bonds is 6. The summed E-state index contributed by atoms with van der Waals surface area (Å²) in [5, 5.41) is 22.2. The molecule has 0 spiro atoms. The van der Waals surface area contributed by atoms with E-state index < -0.39 is 52.1 Å². The molecule has 2 aromatic rings. The van der Waals surface area contributed by atoms with Crippen molar-refractivity contribution in [2.45, 2.75) is 70.9 Å². The fraction of sp³-hybridized carbons (Fsp3) is 0.526. The maximum atomic E-state index is 17.8. The molecule has 2 N–H and O–H groups in total. The second-order valence-corrected chi connectivity index (χ2v) is 15.1. The van der Waals surface area contributed by atoms with Crippen LogP contribution in [-0.4, -0.2) is 64.3 Å². The molecule has 4 aliphatic carbocycles. The van der Waals surface area contributed by atoms with E-state index in [0.29, 0.717) is 26.1 Å². The Kier molecular flexibility index (Phi) is 6.98. The van der Waals surface area contributed by atoms with Crippen LogP contribution in [0.15, 0.2) is 78.4 Å². The summed E-state index contributed by atoms with van der Waals surface area (Å²) in [6, 6.07) is 18.8. The van der Waals surface area contributed by atoms with Crippen LogP contribution >= 0.6 is 0 Å². The average molecular weight is 616 g/mol. The Morgan fingerprint density at radius 3 is 2.36 bits per heavy atom. The van der Waals surface area contributed by atoms with Gasteiger partial charge in [-0.05, 0) is 83.8 Å². The van der Waals surface area contributed by atoms with Gasteiger partial charge in [-0.2, -0.15) is 0 Å². The van der Waals surface area contributed by atoms with E-state index in [9.17, 15) is 19.8 Å². The Balaban J connectivity index is 1.20. The Hall–Kier alpha value is -3.00. The van der Waals surface area contributed by atoms with Crippen molar-refractivity contribution in [1.29, 1.82) is 0 Å². The molecule has 238 valence electrons. The standard InChI is InChI=1S/C38H43F2NO4/c1-34-14-13-28(43)16-29(34)30(39)17-31-35(2)18-27-21-41(20-26-11-9-25(10-12-26)15-24-7-5-4-6-8-24)23-37(27,33(45)22-42)36(35,3)19-32(44)38(31,34)40/h4-14,16,27,30-32,42,44H,15,17-23H2,1-3H3/t27-,30-,31-,32-,34-,35-,36-,37+,38-/m0/s1. The van der Waals surface area contributed by atoms with E-state index in [1.165, 1.54) is 29.4 Å². The zero-order chi connectivity index (χ0) is 32.0. The summed E-state index contributed by atoms with van der Waals surface area (Å²) in [5.74, 6) is -1.71. The Labute approximate surface area is 264 Å². The van der Waals surface area contributed by atoms with E-state index in [1.807, 2.05) is 32.0 Å². The predicted octanol–water partition coefficient (Wildman–Crippen LogP) is 5.58. The lowest BCUT2D eigenvalue weighted by Gasteiger charge is -2.67. The van der Waals surface area contributed by atoms with Crippen molar-refractivity contribution in [3.05, 3.63) is 95.1 Å². The number of aliphatic hydroxyl groups is 2. The number of aliphatic hydroxyl groups excluding tert-OH is 2. The van der Waals surface area contributed by atoms with Crippen LogP contribution in [0.5, 0.6) is 0 Å². The molecule has 7 rings (SSSR count). The summed E-state index contributed by atoms with van der Waals surface area (Å²) in [7, 11) is 0. The number of hydrogen-bond acceptors (Lipinski definition) is 5. The molecule has 3 saturated carbocycles. The fourth-order valence-corrected chi connectivity index (χ4v) is 11.0. The van der Waals surface area contributed by atoms with Crippen LogP contribution in [0.1, 0.15) is 56.7 Å². The number of hydrogen-bond donors (Lipinski definition) is 2. The highest BCUT2D eigenvalue weighted by Crippen LogP contribution is 2.79. The van der Waals surface area contributed by atoms with E-state index >= 15 is 8.78 Å². The lowest BCUT2D eigenvalue weighted by molar-refractivity contribution is -0.242. The van der Waals surface area contributed by atoms with Crippen LogP contribution in [0.2, 0.25) is 0 Å². The number of allylic oxidation sites excluding steroid dienone is 4. The number of alkyl halides is 2. The predicted molar refractivity (Wildman–Crippen MR) is 168 cm³/mol. The van der Waals surface area contributed by atoms with E-state index in [4.69, 9.17) is 0 Å². The van der Waals surface area contributed by atoms with Gasteiger partial charge < -0.3 is 10.2 Å². The second kappa shape index (κ2) is 10.2. The number of halogens is 2. The number of likely N-dealkylation sites (tertiary alicyclic amines) is 1. The molecule has 1 heterocycles. The van der Waals surface area contributed by atoms with Gasteiger partial charge in [-0.1, -0.05) is 74.5 Å². The SMILES string of the molecule is C[C@]12C[C@H](O)[C@@]3(F)[C@@H](C[C@H](F)C4=CC(=O)C=C[C@@]43C)[C@]1(C)C[C@H]1CN(Cc3ccc(Cc4ccccc4)cc3)C[C@]12C(=O)CO. The first kappa shape index (κ1) is 30.6. The topological polar surface area (TPSA) is 77.8 Å². The van der Waals surface area contributed by atoms with Gasteiger partial charge in [-0.25, -0.2) is 8.78 Å². The molecule has 9 atom stereocenters. The number of ketones is 2. The Morgan fingerprint density at radius 1 is 1.00 bits per heavy atom. The third kappa shape index (κ3) is 3.99. The molecule has 0 bridgehead atoms. The number of benzene rings is 2. The summed E-state index contributed by atoms with van der Waals surface area (Å²) in [5.41, 5.74) is -2.72. The summed E-state index contributed by atoms with van der Waals surface area (Å²) in [6.07, 6.45) is 2.14. The van der Waals surface area contributed by atoms with Gasteiger partial charge in [0.15, 0.2) is 17.2 Å². The molecule has 1 saturated heterocycles. The molecule has 2 aromatic carbocycles. The third-order valence-electron chi connectivity index (χ3n) is 13.3. The zero-order valence-electron chi connectivity index (χ0n) is 26.3. The van der Waals surface area contributed by atoms with Crippen LogP contribution in [0.25, 0.3) is 0 Å². The highest BCUT2D eigenvalue weighted by molar-refractivity contribution is 6.01. The van der Waals surface area contributed by atoms with Gasteiger partial charge in [0.05, 0.1) is 11.5 Å². The summed E-state index contributed by atoms with van der Waals surface area (Å²) < 4.78 is 33.8. The maximum Gasteiger partial charge on any atom is 0.178 e. The highest BCUT2D eigenvalue weighted by atomic mass is 19.1. The highest BCUT2D eigenvalue weighted by Gasteiger charge is 2.81. The summed E-state index contributed by atoms with van der Waals surface area (Å²) in [6.45, 7) is 6.56. The summed E-state index contributed by atoms with van der Waals surface area (Å²) in [4.78, 5) is 28.5. The van der Waals surface area contributed by atoms with Gasteiger partial charge in [0.2, 0.25) is 0 Å². The van der Waals surface area contributed by atoms with Crippen molar-refractivity contribution >= 4 is 11.6 Å². The van der Waals surface area contributed by atoms with Crippen LogP contribution in [0.3, 0.4) is 0 Å². The van der Waals surface area contributed by atoms with Crippen LogP contribution < -0.4 is 0 Å². The molecular formula is C38H43F2NO4. The van der Waals surface area contributed by atoms with Crippen molar-refractivity contribution < 1.29 is 28.6 Å². The number of carbonyl (C=O) groups is 2. The molecule has 1 aliphatic heterocycles. The number of carbonyl (C=O) groups excluding carboxylic acids is 2. The van der Waals surface area contributed by atoms with Crippen LogP contribution in [0.4, 0.5) is 8.78 Å². The van der Waals surface area contributed by atoms with Gasteiger partial charge in [-0.15, -0.1) is 0 Å². The largest absolute Gasteiger partial charge is 0.390 e. The monoisotopic (exact) mass is 615 g/mol. The second-order valence-electron chi connectivity index (χ2n) is 15.1. The lowest BCUT2D eigenvalue weighted by atomic mass is 9.38. The molecule has 0 radical (unpaired) electrons. The smallest absolute Gasteiger partial charge is 0.178 e. The number of Topliss-reactive ketones (excluding diaryl/α,β-unsaturated/α-hetero) is 1. The average Bonchev–Trinajstić information content (AvgIpc) is 3.46. The van der Waals surface area contributed by atoms with E-state index in [1.54, 1.807) is 6.92 Å². The van der Waals surface area contributed by atoms with Crippen LogP contribution in [0, 0.1) is 33.5 Å². The number of fused-ring (bicyclic) bond motifs is 7. The molecule has 45 heavy (non-hydrogen) atoms. The van der Waals surface area contributed by atoms with Crippen molar-refractivity contribution in [3.63, 3.8) is 0 Å². The van der Waals surface area contributed by atoms with Gasteiger partial charge in [0, 0.05) is 31.0 Å². The van der Waals surface area contributed by atoms with Crippen molar-refractivity contribution in [2.75, 3.05) is 19.7 Å². The van der Waals surface area contributed by atoms with E-state index in [0.717, 1.165) is 12.0 Å². The first-order valence-electron chi connectivity index (χ1n) is 16.3. The summed E-state index contributed by atoms with van der Waals surface area (Å²) >= 11 is 0. The molecule has 4 fully saturated rings. The van der Waals surface area contributed by atoms with Gasteiger partial charge in [0.1, 0.15) is 12.8 Å². The van der Waals surface area contributed by atoms with Gasteiger partial charge in [-0.3, -0.25) is 14.5 Å². The quantitative estimate of drug-likeness (QED) is 0.444. The van der Waals surface area contributed by atoms with Gasteiger partial charge in [0.25, 0.3) is 0 Å². The van der Waals surface area contributed by atoms with Crippen molar-refractivity contribution in [3.8, 4) is 0 Å². The van der Waals surface area contributed by atoms with E-state index in [-0.39, 0.29) is 35.9 Å². The Morgan fingerprint density at radius 2 is 1.67 bits per heavy atom. The molecule has 5 aliphatic rings. The van der Waals surface area contributed by atoms with E-state index in [2.05, 4.69) is 41.3 Å². The number of nitrogens with zero attached hydrogens (tertiary/aromatic N) is 1. The zero-order valence-corrected chi connectivity index (χ0v) is 26.3. The lowest BCUT2D eigenvalue weighted by Crippen LogP contribution is -2.72. The first-order chi connectivity index (χ1) is 21.3. The molecule has 0 amide bonds. The molecule has 5 nitrogen and oxygen atoms in total. The minimum absolute atomic E-state index is 0.0162. The molecule has 7 heteroatoms. The molecule has 0 unspecified atom stereocenters. The van der Waals surface area contributed by atoms with Crippen molar-refractivity contribution in [2.24, 2.45) is 33.5 Å². The third-order valence-corrected chi connectivity index (χ3v) is 13.3. The maximum absolute atomic E-state index is 17.8. The van der Waals surface area contributed by atoms with Gasteiger partial charge >= 0.3 is 0 Å². The molecular weight excluding hydrogens is 572 g/mol.